The lowest BCUT2D eigenvalue weighted by Gasteiger charge is -2.35. The van der Waals surface area contributed by atoms with Crippen LogP contribution in [0.25, 0.3) is 0 Å². The molecule has 1 saturated heterocycles. The van der Waals surface area contributed by atoms with Gasteiger partial charge in [0, 0.05) is 13.1 Å². The monoisotopic (exact) mass is 646 g/mol. The molecule has 42 heavy (non-hydrogen) atoms. The summed E-state index contributed by atoms with van der Waals surface area (Å²) < 4.78 is 90.8. The van der Waals surface area contributed by atoms with Crippen LogP contribution in [-0.2, 0) is 9.53 Å². The summed E-state index contributed by atoms with van der Waals surface area (Å²) in [6.07, 6.45) is -9.63. The zero-order chi connectivity index (χ0) is 31.6. The first kappa shape index (κ1) is 32.8. The normalized spacial score (nSPS) is 20.0. The number of ether oxygens (including phenoxy) is 3. The number of carbonyl (C=O) groups excluding carboxylic acids is 2. The van der Waals surface area contributed by atoms with Crippen molar-refractivity contribution in [3.63, 3.8) is 0 Å². The minimum atomic E-state index is -5.36. The Balaban J connectivity index is 2.00. The van der Waals surface area contributed by atoms with E-state index in [2.05, 4.69) is 43.4 Å². The van der Waals surface area contributed by atoms with E-state index in [4.69, 9.17) is 27.9 Å². The van der Waals surface area contributed by atoms with Crippen LogP contribution in [0.15, 0.2) is 40.1 Å². The highest BCUT2D eigenvalue weighted by Crippen LogP contribution is 2.49. The molecule has 1 aromatic rings. The molecule has 3 rings (SSSR count). The smallest absolute Gasteiger partial charge is 0.404 e. The van der Waals surface area contributed by atoms with Crippen molar-refractivity contribution in [2.45, 2.75) is 31.7 Å². The number of halogens is 8. The average Bonchev–Trinajstić information content (AvgIpc) is 3.31. The van der Waals surface area contributed by atoms with Crippen molar-refractivity contribution in [2.75, 3.05) is 31.7 Å². The molecule has 2 aliphatic rings. The number of hydrogen-bond donors (Lipinski definition) is 2. The molecule has 2 unspecified atom stereocenters. The maximum Gasteiger partial charge on any atom is 0.573 e. The molecule has 0 aliphatic carbocycles. The minimum absolute atomic E-state index is 0.0125. The highest BCUT2D eigenvalue weighted by atomic mass is 35.5. The molecule has 2 aliphatic heterocycles. The molecule has 1 fully saturated rings. The van der Waals surface area contributed by atoms with Crippen molar-refractivity contribution in [1.82, 2.24) is 15.5 Å². The first-order valence-corrected chi connectivity index (χ1v) is 12.3. The molecule has 0 radical (unpaired) electrons. The number of nitrogens with zero attached hydrogens (tertiary/aromatic N) is 4. The van der Waals surface area contributed by atoms with Crippen molar-refractivity contribution in [3.05, 3.63) is 40.2 Å². The Morgan fingerprint density at radius 1 is 1.10 bits per heavy atom. The Bertz CT molecular complexity index is 1300. The highest BCUT2D eigenvalue weighted by Gasteiger charge is 2.40. The van der Waals surface area contributed by atoms with Gasteiger partial charge >= 0.3 is 18.8 Å². The van der Waals surface area contributed by atoms with Gasteiger partial charge < -0.3 is 24.8 Å². The van der Waals surface area contributed by atoms with Gasteiger partial charge in [-0.15, -0.1) is 26.3 Å². The summed E-state index contributed by atoms with van der Waals surface area (Å²) in [6.45, 7) is 8.20. The molecule has 2 atom stereocenters. The number of guanidine groups is 1. The van der Waals surface area contributed by atoms with Crippen molar-refractivity contribution in [1.29, 1.82) is 0 Å². The van der Waals surface area contributed by atoms with E-state index in [0.717, 1.165) is 15.9 Å². The van der Waals surface area contributed by atoms with Gasteiger partial charge in [0.1, 0.15) is 15.9 Å². The Morgan fingerprint density at radius 2 is 1.62 bits per heavy atom. The Morgan fingerprint density at radius 3 is 2.10 bits per heavy atom. The third kappa shape index (κ3) is 7.77. The molecule has 3 amide bonds. The van der Waals surface area contributed by atoms with E-state index in [1.54, 1.807) is 0 Å². The third-order valence-corrected chi connectivity index (χ3v) is 6.44. The quantitative estimate of drug-likeness (QED) is 0.193. The molecule has 0 aromatic heterocycles. The second-order valence-corrected chi connectivity index (χ2v) is 9.43. The lowest BCUT2D eigenvalue weighted by molar-refractivity contribution is -0.276. The Labute approximate surface area is 244 Å². The number of alkyl halides is 6. The molecular formula is C23H22Cl2F6N6O5. The number of anilines is 1. The van der Waals surface area contributed by atoms with Crippen LogP contribution in [0.3, 0.4) is 0 Å². The van der Waals surface area contributed by atoms with Gasteiger partial charge in [0.2, 0.25) is 11.9 Å². The summed E-state index contributed by atoms with van der Waals surface area (Å²) in [4.78, 5) is 34.8. The lowest BCUT2D eigenvalue weighted by Crippen LogP contribution is -2.51. The number of amides is 3. The first-order valence-electron chi connectivity index (χ1n) is 11.6. The van der Waals surface area contributed by atoms with Gasteiger partial charge in [0.15, 0.2) is 11.5 Å². The van der Waals surface area contributed by atoms with E-state index in [0.29, 0.717) is 0 Å². The van der Waals surface area contributed by atoms with E-state index in [-0.39, 0.29) is 36.6 Å². The molecule has 230 valence electrons. The standard InChI is InChI=1S/C23H22Cl2F6N6O5/c1-5-15(38)33-11-8-40-9-12(11)34-20(32-3)35-19-10(2)7-37(21(39)36(19)4)18-16(24)13(41-22(26,27)28)6-14(17(18)25)42-23(29,30)31/h5-6,11-12H,1,3,7-9H2,2,4H3,(H,33,38)(H,34,35). The second kappa shape index (κ2) is 12.7. The zero-order valence-electron chi connectivity index (χ0n) is 21.7. The number of rotatable bonds is 7. The number of aliphatic imine (C=N–C) groups is 2. The van der Waals surface area contributed by atoms with Gasteiger partial charge in [-0.05, 0) is 25.3 Å². The Kier molecular flexibility index (Phi) is 9.89. The summed E-state index contributed by atoms with van der Waals surface area (Å²) in [7, 11) is 1.23. The molecule has 1 aromatic carbocycles. The van der Waals surface area contributed by atoms with E-state index in [9.17, 15) is 35.9 Å². The van der Waals surface area contributed by atoms with Crippen LogP contribution >= 0.6 is 23.2 Å². The summed E-state index contributed by atoms with van der Waals surface area (Å²) in [5, 5.41) is 3.81. The number of carbonyl (C=O) groups is 2. The molecule has 19 heteroatoms. The van der Waals surface area contributed by atoms with Gasteiger partial charge in [0.05, 0.1) is 37.5 Å². The summed E-state index contributed by atoms with van der Waals surface area (Å²) >= 11 is 12.1. The van der Waals surface area contributed by atoms with Crippen LogP contribution < -0.4 is 25.0 Å². The van der Waals surface area contributed by atoms with E-state index >= 15 is 0 Å². The van der Waals surface area contributed by atoms with E-state index in [1.165, 1.54) is 14.0 Å². The fourth-order valence-corrected chi connectivity index (χ4v) is 4.58. The van der Waals surface area contributed by atoms with Crippen LogP contribution in [0.2, 0.25) is 10.0 Å². The molecule has 11 nitrogen and oxygen atoms in total. The molecule has 0 spiro atoms. The number of hydrogen-bond acceptors (Lipinski definition) is 6. The van der Waals surface area contributed by atoms with Crippen molar-refractivity contribution in [3.8, 4) is 11.5 Å². The minimum Gasteiger partial charge on any atom is -0.404 e. The fraction of sp³-hybridized carbons (Fsp3) is 0.391. The predicted octanol–water partition coefficient (Wildman–Crippen LogP) is 4.61. The maximum absolute atomic E-state index is 13.4. The van der Waals surface area contributed by atoms with Crippen LogP contribution in [-0.4, -0.2) is 81.1 Å². The van der Waals surface area contributed by atoms with Crippen LogP contribution in [0.1, 0.15) is 6.92 Å². The van der Waals surface area contributed by atoms with E-state index < -0.39 is 70.5 Å². The van der Waals surface area contributed by atoms with Gasteiger partial charge in [-0.3, -0.25) is 14.6 Å². The average molecular weight is 647 g/mol. The topological polar surface area (TPSA) is 117 Å². The van der Waals surface area contributed by atoms with Crippen LogP contribution in [0.5, 0.6) is 11.5 Å². The largest absolute Gasteiger partial charge is 0.573 e. The number of nitrogens with one attached hydrogen (secondary N) is 2. The van der Waals surface area contributed by atoms with E-state index in [1.807, 2.05) is 0 Å². The molecular weight excluding hydrogens is 625 g/mol. The lowest BCUT2D eigenvalue weighted by atomic mass is 10.1. The fourth-order valence-electron chi connectivity index (χ4n) is 3.95. The maximum atomic E-state index is 13.4. The number of urea groups is 1. The first-order chi connectivity index (χ1) is 19.5. The summed E-state index contributed by atoms with van der Waals surface area (Å²) in [6, 6.07) is -1.77. The van der Waals surface area contributed by atoms with Crippen molar-refractivity contribution < 1.29 is 50.1 Å². The summed E-state index contributed by atoms with van der Waals surface area (Å²) in [5.41, 5.74) is -0.450. The van der Waals surface area contributed by atoms with Gasteiger partial charge in [0.25, 0.3) is 0 Å². The molecule has 0 saturated carbocycles. The van der Waals surface area contributed by atoms with Crippen molar-refractivity contribution in [2.24, 2.45) is 9.98 Å². The van der Waals surface area contributed by atoms with Gasteiger partial charge in [-0.25, -0.2) is 9.79 Å². The van der Waals surface area contributed by atoms with Gasteiger partial charge in [-0.1, -0.05) is 29.8 Å². The van der Waals surface area contributed by atoms with Crippen LogP contribution in [0, 0.1) is 0 Å². The zero-order valence-corrected chi connectivity index (χ0v) is 23.2. The van der Waals surface area contributed by atoms with Gasteiger partial charge in [-0.2, -0.15) is 4.99 Å². The molecule has 2 N–H and O–H groups in total. The third-order valence-electron chi connectivity index (χ3n) is 5.71. The summed E-state index contributed by atoms with van der Waals surface area (Å²) in [5.74, 6) is -3.09. The molecule has 0 bridgehead atoms. The second-order valence-electron chi connectivity index (χ2n) is 8.68. The molecule has 2 heterocycles. The highest BCUT2D eigenvalue weighted by molar-refractivity contribution is 6.41. The van der Waals surface area contributed by atoms with Crippen LogP contribution in [0.4, 0.5) is 36.8 Å². The van der Waals surface area contributed by atoms with Crippen molar-refractivity contribution >= 4 is 53.5 Å². The number of benzene rings is 1. The predicted molar refractivity (Wildman–Crippen MR) is 140 cm³/mol. The SMILES string of the molecule is C=CC(=O)NC1COCC1N/C(N=C)=N/C1=C(C)CN(c2c(Cl)c(OC(F)(F)F)cc(OC(F)(F)F)c2Cl)C(=O)N1C. The Hall–Kier alpha value is -3.70.